The van der Waals surface area contributed by atoms with Crippen LogP contribution in [0.5, 0.6) is 0 Å². The number of rotatable bonds is 5. The van der Waals surface area contributed by atoms with Gasteiger partial charge in [-0.1, -0.05) is 30.9 Å². The number of nitrogens with one attached hydrogen (secondary N) is 2. The molecule has 1 saturated carbocycles. The summed E-state index contributed by atoms with van der Waals surface area (Å²) in [6, 6.07) is 1.91. The summed E-state index contributed by atoms with van der Waals surface area (Å²) in [5, 5.41) is 17.5. The lowest BCUT2D eigenvalue weighted by atomic mass is 9.97. The molecule has 0 aromatic carbocycles. The van der Waals surface area contributed by atoms with Gasteiger partial charge >= 0.3 is 0 Å². The van der Waals surface area contributed by atoms with Crippen LogP contribution in [0.2, 0.25) is 0 Å². The number of hydrogen-bond donors (Lipinski definition) is 2. The highest BCUT2D eigenvalue weighted by Crippen LogP contribution is 2.31. The largest absolute Gasteiger partial charge is 0.308 e. The third-order valence-electron chi connectivity index (χ3n) is 4.37. The highest BCUT2D eigenvalue weighted by atomic mass is 16.2. The van der Waals surface area contributed by atoms with Crippen molar-refractivity contribution in [1.29, 1.82) is 0 Å². The summed E-state index contributed by atoms with van der Waals surface area (Å²) in [5.41, 5.74) is 1.34. The Balaban J connectivity index is 1.57. The quantitative estimate of drug-likeness (QED) is 0.646. The molecule has 8 heteroatoms. The van der Waals surface area contributed by atoms with Gasteiger partial charge in [0.05, 0.1) is 6.20 Å². The summed E-state index contributed by atoms with van der Waals surface area (Å²) >= 11 is 0. The summed E-state index contributed by atoms with van der Waals surface area (Å²) in [6.07, 6.45) is 8.89. The number of ketones is 1. The van der Waals surface area contributed by atoms with Gasteiger partial charge in [0.2, 0.25) is 5.91 Å². The van der Waals surface area contributed by atoms with E-state index in [0.717, 1.165) is 5.69 Å². The number of nitrogens with zero attached hydrogens (tertiary/aromatic N) is 4. The number of aromatic amines is 1. The van der Waals surface area contributed by atoms with Gasteiger partial charge in [-0.3, -0.25) is 14.7 Å². The highest BCUT2D eigenvalue weighted by Gasteiger charge is 2.17. The molecule has 1 aliphatic rings. The zero-order valence-electron chi connectivity index (χ0n) is 13.8. The van der Waals surface area contributed by atoms with Gasteiger partial charge in [0.25, 0.3) is 0 Å². The maximum absolute atomic E-state index is 12.1. The monoisotopic (exact) mass is 330 g/mol. The Morgan fingerprint density at radius 2 is 2.04 bits per heavy atom. The summed E-state index contributed by atoms with van der Waals surface area (Å²) in [4.78, 5) is 23.2. The average Bonchev–Trinajstić information content (AvgIpc) is 3.10. The van der Waals surface area contributed by atoms with Crippen LogP contribution in [0.3, 0.4) is 0 Å². The molecule has 0 radical (unpaired) electrons. The normalized spacial score (nSPS) is 15.9. The van der Waals surface area contributed by atoms with Gasteiger partial charge in [-0.15, -0.1) is 5.10 Å². The number of Topliss-reactive ketones (excluding diaryl/α,β-unsaturated/α-hetero) is 1. The van der Waals surface area contributed by atoms with Crippen molar-refractivity contribution in [2.45, 2.75) is 57.9 Å². The molecule has 8 nitrogen and oxygen atoms in total. The smallest absolute Gasteiger partial charge is 0.247 e. The van der Waals surface area contributed by atoms with Crippen molar-refractivity contribution in [2.24, 2.45) is 0 Å². The second-order valence-corrected chi connectivity index (χ2v) is 6.30. The van der Waals surface area contributed by atoms with Crippen LogP contribution < -0.4 is 5.32 Å². The standard InChI is InChI=1S/C16H22N6O2/c1-11(23)14-9-22(21-19-14)10-16(24)17-15-8-13(18-20-15)12-6-4-2-3-5-7-12/h8-9,12H,2-7,10H2,1H3,(H2,17,18,20,24). The van der Waals surface area contributed by atoms with E-state index in [1.807, 2.05) is 6.07 Å². The van der Waals surface area contributed by atoms with E-state index in [-0.39, 0.29) is 23.9 Å². The summed E-state index contributed by atoms with van der Waals surface area (Å²) < 4.78 is 1.34. The molecule has 0 bridgehead atoms. The number of aromatic nitrogens is 5. The highest BCUT2D eigenvalue weighted by molar-refractivity contribution is 5.92. The van der Waals surface area contributed by atoms with Crippen molar-refractivity contribution >= 4 is 17.5 Å². The van der Waals surface area contributed by atoms with Crippen molar-refractivity contribution in [1.82, 2.24) is 25.2 Å². The fourth-order valence-electron chi connectivity index (χ4n) is 3.07. The molecular weight excluding hydrogens is 308 g/mol. The van der Waals surface area contributed by atoms with Gasteiger partial charge in [-0.2, -0.15) is 5.10 Å². The van der Waals surface area contributed by atoms with E-state index in [1.165, 1.54) is 56.3 Å². The summed E-state index contributed by atoms with van der Waals surface area (Å²) in [7, 11) is 0. The molecule has 128 valence electrons. The Labute approximate surface area is 140 Å². The number of amides is 1. The van der Waals surface area contributed by atoms with Crippen LogP contribution in [-0.2, 0) is 11.3 Å². The van der Waals surface area contributed by atoms with Gasteiger partial charge in [-0.05, 0) is 12.8 Å². The maximum atomic E-state index is 12.1. The lowest BCUT2D eigenvalue weighted by molar-refractivity contribution is -0.117. The molecule has 2 heterocycles. The maximum Gasteiger partial charge on any atom is 0.247 e. The van der Waals surface area contributed by atoms with E-state index < -0.39 is 0 Å². The van der Waals surface area contributed by atoms with Gasteiger partial charge in [-0.25, -0.2) is 4.68 Å². The van der Waals surface area contributed by atoms with Crippen molar-refractivity contribution in [3.8, 4) is 0 Å². The lowest BCUT2D eigenvalue weighted by Crippen LogP contribution is -2.19. The van der Waals surface area contributed by atoms with Crippen molar-refractivity contribution < 1.29 is 9.59 Å². The Morgan fingerprint density at radius 3 is 2.71 bits per heavy atom. The van der Waals surface area contributed by atoms with Crippen LogP contribution in [-0.4, -0.2) is 36.9 Å². The zero-order chi connectivity index (χ0) is 16.9. The first kappa shape index (κ1) is 16.4. The van der Waals surface area contributed by atoms with Gasteiger partial charge in [0.1, 0.15) is 12.2 Å². The molecule has 1 fully saturated rings. The van der Waals surface area contributed by atoms with Gasteiger partial charge < -0.3 is 5.32 Å². The van der Waals surface area contributed by atoms with E-state index in [4.69, 9.17) is 0 Å². The minimum atomic E-state index is -0.256. The summed E-state index contributed by atoms with van der Waals surface area (Å²) in [5.74, 6) is 0.584. The SMILES string of the molecule is CC(=O)c1cn(CC(=O)Nc2cc(C3CCCCCC3)[nH]n2)nn1. The molecule has 2 aromatic rings. The second kappa shape index (κ2) is 7.37. The fraction of sp³-hybridized carbons (Fsp3) is 0.562. The predicted octanol–water partition coefficient (Wildman–Crippen LogP) is 2.28. The van der Waals surface area contributed by atoms with Crippen molar-refractivity contribution in [2.75, 3.05) is 5.32 Å². The first-order valence-electron chi connectivity index (χ1n) is 8.38. The molecular formula is C16H22N6O2. The molecule has 1 amide bonds. The lowest BCUT2D eigenvalue weighted by Gasteiger charge is -2.10. The molecule has 2 N–H and O–H groups in total. The van der Waals surface area contributed by atoms with E-state index in [9.17, 15) is 9.59 Å². The molecule has 1 aliphatic carbocycles. The second-order valence-electron chi connectivity index (χ2n) is 6.30. The first-order chi connectivity index (χ1) is 11.6. The van der Waals surface area contributed by atoms with E-state index in [0.29, 0.717) is 11.7 Å². The van der Waals surface area contributed by atoms with Gasteiger partial charge in [0.15, 0.2) is 11.6 Å². The molecule has 24 heavy (non-hydrogen) atoms. The molecule has 3 rings (SSSR count). The predicted molar refractivity (Wildman–Crippen MR) is 87.7 cm³/mol. The molecule has 0 unspecified atom stereocenters. The molecule has 2 aromatic heterocycles. The third kappa shape index (κ3) is 4.06. The number of anilines is 1. The zero-order valence-corrected chi connectivity index (χ0v) is 13.8. The Kier molecular flexibility index (Phi) is 5.02. The summed E-state index contributed by atoms with van der Waals surface area (Å²) in [6.45, 7) is 1.40. The topological polar surface area (TPSA) is 106 Å². The van der Waals surface area contributed by atoms with Gasteiger partial charge in [0, 0.05) is 24.6 Å². The van der Waals surface area contributed by atoms with E-state index in [2.05, 4.69) is 25.8 Å². The van der Waals surface area contributed by atoms with Crippen molar-refractivity contribution in [3.05, 3.63) is 23.7 Å². The third-order valence-corrected chi connectivity index (χ3v) is 4.37. The number of hydrogen-bond acceptors (Lipinski definition) is 5. The van der Waals surface area contributed by atoms with Crippen LogP contribution in [0.15, 0.2) is 12.3 Å². The Morgan fingerprint density at radius 1 is 1.29 bits per heavy atom. The Bertz CT molecular complexity index is 712. The van der Waals surface area contributed by atoms with Crippen LogP contribution >= 0.6 is 0 Å². The van der Waals surface area contributed by atoms with Crippen LogP contribution in [0, 0.1) is 0 Å². The molecule has 0 aliphatic heterocycles. The van der Waals surface area contributed by atoms with Crippen LogP contribution in [0.25, 0.3) is 0 Å². The molecule has 0 saturated heterocycles. The number of H-pyrrole nitrogens is 1. The average molecular weight is 330 g/mol. The molecule has 0 atom stereocenters. The van der Waals surface area contributed by atoms with E-state index in [1.54, 1.807) is 0 Å². The first-order valence-corrected chi connectivity index (χ1v) is 8.38. The number of carbonyl (C=O) groups is 2. The van der Waals surface area contributed by atoms with E-state index >= 15 is 0 Å². The Hall–Kier alpha value is -2.51. The number of carbonyl (C=O) groups excluding carboxylic acids is 2. The van der Waals surface area contributed by atoms with Crippen LogP contribution in [0.1, 0.15) is 67.5 Å². The van der Waals surface area contributed by atoms with Crippen molar-refractivity contribution in [3.63, 3.8) is 0 Å². The minimum absolute atomic E-state index is 0.00803. The fourth-order valence-corrected chi connectivity index (χ4v) is 3.07. The minimum Gasteiger partial charge on any atom is -0.308 e. The van der Waals surface area contributed by atoms with Crippen LogP contribution in [0.4, 0.5) is 5.82 Å². The molecule has 0 spiro atoms.